The molecule has 22 heavy (non-hydrogen) atoms. The third kappa shape index (κ3) is 3.39. The number of ether oxygens (including phenoxy) is 2. The van der Waals surface area contributed by atoms with Crippen LogP contribution in [-0.2, 0) is 6.61 Å². The zero-order valence-electron chi connectivity index (χ0n) is 13.2. The van der Waals surface area contributed by atoms with Crippen molar-refractivity contribution >= 4 is 0 Å². The summed E-state index contributed by atoms with van der Waals surface area (Å²) in [6.45, 7) is 1.69. The van der Waals surface area contributed by atoms with E-state index in [1.54, 1.807) is 13.3 Å². The highest BCUT2D eigenvalue weighted by molar-refractivity contribution is 5.29. The summed E-state index contributed by atoms with van der Waals surface area (Å²) >= 11 is 0. The van der Waals surface area contributed by atoms with Gasteiger partial charge in [-0.15, -0.1) is 0 Å². The van der Waals surface area contributed by atoms with Crippen molar-refractivity contribution in [1.29, 1.82) is 0 Å². The lowest BCUT2D eigenvalue weighted by Crippen LogP contribution is -2.17. The zero-order chi connectivity index (χ0) is 15.4. The van der Waals surface area contributed by atoms with Gasteiger partial charge < -0.3 is 9.47 Å². The van der Waals surface area contributed by atoms with Crippen LogP contribution in [0.3, 0.4) is 0 Å². The SMILES string of the molecule is COc1ccc(COc2cncc(C3CCCN3C)c2)cc1. The van der Waals surface area contributed by atoms with E-state index in [9.17, 15) is 0 Å². The Kier molecular flexibility index (Phi) is 4.59. The van der Waals surface area contributed by atoms with E-state index in [2.05, 4.69) is 23.0 Å². The molecule has 1 unspecified atom stereocenters. The number of aromatic nitrogens is 1. The van der Waals surface area contributed by atoms with E-state index in [0.717, 1.165) is 23.6 Å². The Bertz CT molecular complexity index is 613. The molecular weight excluding hydrogens is 276 g/mol. The Morgan fingerprint density at radius 1 is 1.18 bits per heavy atom. The van der Waals surface area contributed by atoms with Crippen molar-refractivity contribution in [3.8, 4) is 11.5 Å². The summed E-state index contributed by atoms with van der Waals surface area (Å²) in [5.41, 5.74) is 2.36. The van der Waals surface area contributed by atoms with Gasteiger partial charge in [0, 0.05) is 12.2 Å². The summed E-state index contributed by atoms with van der Waals surface area (Å²) in [4.78, 5) is 6.71. The number of methoxy groups -OCH3 is 1. The minimum Gasteiger partial charge on any atom is -0.497 e. The maximum atomic E-state index is 5.88. The van der Waals surface area contributed by atoms with Crippen LogP contribution in [0.15, 0.2) is 42.7 Å². The molecule has 2 aromatic rings. The zero-order valence-corrected chi connectivity index (χ0v) is 13.2. The van der Waals surface area contributed by atoms with Crippen LogP contribution in [0.4, 0.5) is 0 Å². The smallest absolute Gasteiger partial charge is 0.138 e. The monoisotopic (exact) mass is 298 g/mol. The molecule has 1 atom stereocenters. The van der Waals surface area contributed by atoms with Crippen LogP contribution < -0.4 is 9.47 Å². The van der Waals surface area contributed by atoms with Gasteiger partial charge in [-0.3, -0.25) is 9.88 Å². The maximum absolute atomic E-state index is 5.88. The molecule has 4 nitrogen and oxygen atoms in total. The third-order valence-electron chi connectivity index (χ3n) is 4.20. The normalized spacial score (nSPS) is 18.4. The minimum absolute atomic E-state index is 0.469. The third-order valence-corrected chi connectivity index (χ3v) is 4.20. The first-order chi connectivity index (χ1) is 10.8. The minimum atomic E-state index is 0.469. The number of nitrogens with zero attached hydrogens (tertiary/aromatic N) is 2. The largest absolute Gasteiger partial charge is 0.497 e. The number of likely N-dealkylation sites (tertiary alicyclic amines) is 1. The van der Waals surface area contributed by atoms with Crippen molar-refractivity contribution in [2.75, 3.05) is 20.7 Å². The van der Waals surface area contributed by atoms with Gasteiger partial charge in [-0.05, 0) is 55.8 Å². The highest BCUT2D eigenvalue weighted by Crippen LogP contribution is 2.31. The highest BCUT2D eigenvalue weighted by Gasteiger charge is 2.23. The van der Waals surface area contributed by atoms with Gasteiger partial charge in [-0.25, -0.2) is 0 Å². The number of benzene rings is 1. The van der Waals surface area contributed by atoms with Gasteiger partial charge in [0.2, 0.25) is 0 Å². The molecular formula is C18H22N2O2. The quantitative estimate of drug-likeness (QED) is 0.847. The molecule has 1 aliphatic heterocycles. The first-order valence-corrected chi connectivity index (χ1v) is 7.67. The molecule has 0 aliphatic carbocycles. The fourth-order valence-electron chi connectivity index (χ4n) is 2.92. The number of hydrogen-bond acceptors (Lipinski definition) is 4. The van der Waals surface area contributed by atoms with E-state index < -0.39 is 0 Å². The molecule has 0 N–H and O–H groups in total. The molecule has 1 saturated heterocycles. The van der Waals surface area contributed by atoms with Crippen LogP contribution in [-0.4, -0.2) is 30.6 Å². The second kappa shape index (κ2) is 6.79. The van der Waals surface area contributed by atoms with Gasteiger partial charge in [0.1, 0.15) is 18.1 Å². The topological polar surface area (TPSA) is 34.6 Å². The average molecular weight is 298 g/mol. The van der Waals surface area contributed by atoms with Crippen LogP contribution >= 0.6 is 0 Å². The summed E-state index contributed by atoms with van der Waals surface area (Å²) in [7, 11) is 3.84. The van der Waals surface area contributed by atoms with Crippen LogP contribution in [0.1, 0.15) is 30.0 Å². The first-order valence-electron chi connectivity index (χ1n) is 7.67. The predicted molar refractivity (Wildman–Crippen MR) is 86.2 cm³/mol. The molecule has 0 bridgehead atoms. The van der Waals surface area contributed by atoms with Gasteiger partial charge in [-0.1, -0.05) is 12.1 Å². The lowest BCUT2D eigenvalue weighted by atomic mass is 10.1. The van der Waals surface area contributed by atoms with Crippen molar-refractivity contribution in [3.63, 3.8) is 0 Å². The average Bonchev–Trinajstić information content (AvgIpc) is 3.00. The fourth-order valence-corrected chi connectivity index (χ4v) is 2.92. The molecule has 0 radical (unpaired) electrons. The van der Waals surface area contributed by atoms with Crippen LogP contribution in [0.25, 0.3) is 0 Å². The molecule has 1 aromatic heterocycles. The van der Waals surface area contributed by atoms with Gasteiger partial charge in [0.15, 0.2) is 0 Å². The van der Waals surface area contributed by atoms with Gasteiger partial charge in [0.25, 0.3) is 0 Å². The second-order valence-corrected chi connectivity index (χ2v) is 5.73. The molecule has 2 heterocycles. The predicted octanol–water partition coefficient (Wildman–Crippen LogP) is 3.44. The Morgan fingerprint density at radius 3 is 2.68 bits per heavy atom. The lowest BCUT2D eigenvalue weighted by molar-refractivity contribution is 0.297. The van der Waals surface area contributed by atoms with Crippen LogP contribution in [0, 0.1) is 0 Å². The second-order valence-electron chi connectivity index (χ2n) is 5.73. The van der Waals surface area contributed by atoms with E-state index in [1.807, 2.05) is 30.5 Å². The highest BCUT2D eigenvalue weighted by atomic mass is 16.5. The van der Waals surface area contributed by atoms with E-state index in [1.165, 1.54) is 18.4 Å². The lowest BCUT2D eigenvalue weighted by Gasteiger charge is -2.19. The fraction of sp³-hybridized carbons (Fsp3) is 0.389. The van der Waals surface area contributed by atoms with Crippen molar-refractivity contribution in [2.45, 2.75) is 25.5 Å². The first kappa shape index (κ1) is 14.9. The Balaban J connectivity index is 1.64. The molecule has 1 aromatic carbocycles. The molecule has 1 aliphatic rings. The van der Waals surface area contributed by atoms with E-state index in [4.69, 9.17) is 9.47 Å². The van der Waals surface area contributed by atoms with Crippen molar-refractivity contribution in [2.24, 2.45) is 0 Å². The number of pyridine rings is 1. The van der Waals surface area contributed by atoms with Crippen LogP contribution in [0.2, 0.25) is 0 Å². The summed E-state index contributed by atoms with van der Waals surface area (Å²) in [5.74, 6) is 1.69. The van der Waals surface area contributed by atoms with E-state index in [-0.39, 0.29) is 0 Å². The van der Waals surface area contributed by atoms with E-state index >= 15 is 0 Å². The van der Waals surface area contributed by atoms with E-state index in [0.29, 0.717) is 12.6 Å². The summed E-state index contributed by atoms with van der Waals surface area (Å²) < 4.78 is 11.0. The Hall–Kier alpha value is -2.07. The standard InChI is InChI=1S/C18H22N2O2/c1-20-9-3-4-18(20)15-10-17(12-19-11-15)22-13-14-5-7-16(21-2)8-6-14/h5-8,10-12,18H,3-4,9,13H2,1-2H3. The molecule has 3 rings (SSSR count). The molecule has 0 saturated carbocycles. The van der Waals surface area contributed by atoms with Crippen molar-refractivity contribution in [1.82, 2.24) is 9.88 Å². The van der Waals surface area contributed by atoms with Crippen molar-refractivity contribution in [3.05, 3.63) is 53.9 Å². The molecule has 0 amide bonds. The molecule has 1 fully saturated rings. The summed E-state index contributed by atoms with van der Waals surface area (Å²) in [6.07, 6.45) is 6.17. The van der Waals surface area contributed by atoms with Gasteiger partial charge >= 0.3 is 0 Å². The molecule has 4 heteroatoms. The summed E-state index contributed by atoms with van der Waals surface area (Å²) in [6, 6.07) is 10.5. The summed E-state index contributed by atoms with van der Waals surface area (Å²) in [5, 5.41) is 0. The van der Waals surface area contributed by atoms with Gasteiger partial charge in [0.05, 0.1) is 13.3 Å². The van der Waals surface area contributed by atoms with Crippen molar-refractivity contribution < 1.29 is 9.47 Å². The Labute approximate surface area is 131 Å². The van der Waals surface area contributed by atoms with Crippen LogP contribution in [0.5, 0.6) is 11.5 Å². The number of rotatable bonds is 5. The van der Waals surface area contributed by atoms with Gasteiger partial charge in [-0.2, -0.15) is 0 Å². The number of hydrogen-bond donors (Lipinski definition) is 0. The Morgan fingerprint density at radius 2 is 2.00 bits per heavy atom. The molecule has 0 spiro atoms. The molecule has 116 valence electrons. The maximum Gasteiger partial charge on any atom is 0.138 e.